The van der Waals surface area contributed by atoms with Crippen LogP contribution in [0.2, 0.25) is 0 Å². The standard InChI is InChI=1S/C19H22N2O3S/c1-21(2)25(23,24)18-9-5-8-17(13-18)20-19(22)16-11-10-14-6-3-4-7-15(14)12-16/h5,8-13H,3-4,6-7H2,1-2H3,(H,20,22). The lowest BCUT2D eigenvalue weighted by Crippen LogP contribution is -2.22. The van der Waals surface area contributed by atoms with Crippen LogP contribution in [0.15, 0.2) is 47.4 Å². The van der Waals surface area contributed by atoms with E-state index in [9.17, 15) is 13.2 Å². The third-order valence-electron chi connectivity index (χ3n) is 4.48. The van der Waals surface area contributed by atoms with Gasteiger partial charge in [-0.25, -0.2) is 12.7 Å². The lowest BCUT2D eigenvalue weighted by atomic mass is 9.90. The molecule has 2 aromatic carbocycles. The van der Waals surface area contributed by atoms with Crippen LogP contribution >= 0.6 is 0 Å². The van der Waals surface area contributed by atoms with Crippen LogP contribution in [0.1, 0.15) is 34.3 Å². The average Bonchev–Trinajstić information content (AvgIpc) is 2.61. The first-order valence-electron chi connectivity index (χ1n) is 8.34. The summed E-state index contributed by atoms with van der Waals surface area (Å²) in [6.45, 7) is 0. The van der Waals surface area contributed by atoms with Crippen molar-refractivity contribution >= 4 is 21.6 Å². The molecule has 5 nitrogen and oxygen atoms in total. The van der Waals surface area contributed by atoms with Crippen LogP contribution in [-0.2, 0) is 22.9 Å². The number of hydrogen-bond acceptors (Lipinski definition) is 3. The zero-order chi connectivity index (χ0) is 18.0. The summed E-state index contributed by atoms with van der Waals surface area (Å²) in [4.78, 5) is 12.7. The molecule has 1 amide bonds. The predicted octanol–water partition coefficient (Wildman–Crippen LogP) is 3.07. The molecule has 0 saturated heterocycles. The van der Waals surface area contributed by atoms with Gasteiger partial charge in [0.25, 0.3) is 5.91 Å². The molecule has 0 unspecified atom stereocenters. The van der Waals surface area contributed by atoms with E-state index < -0.39 is 10.0 Å². The van der Waals surface area contributed by atoms with Crippen LogP contribution in [0.4, 0.5) is 5.69 Å². The number of fused-ring (bicyclic) bond motifs is 1. The Bertz CT molecular complexity index is 905. The van der Waals surface area contributed by atoms with Crippen molar-refractivity contribution in [2.75, 3.05) is 19.4 Å². The van der Waals surface area contributed by atoms with Gasteiger partial charge < -0.3 is 5.32 Å². The molecule has 0 saturated carbocycles. The highest BCUT2D eigenvalue weighted by atomic mass is 32.2. The van der Waals surface area contributed by atoms with Crippen LogP contribution in [-0.4, -0.2) is 32.7 Å². The van der Waals surface area contributed by atoms with Crippen molar-refractivity contribution in [3.8, 4) is 0 Å². The van der Waals surface area contributed by atoms with Gasteiger partial charge in [-0.3, -0.25) is 4.79 Å². The van der Waals surface area contributed by atoms with Crippen molar-refractivity contribution in [2.45, 2.75) is 30.6 Å². The monoisotopic (exact) mass is 358 g/mol. The summed E-state index contributed by atoms with van der Waals surface area (Å²) in [6, 6.07) is 12.1. The second-order valence-corrected chi connectivity index (χ2v) is 8.61. The third-order valence-corrected chi connectivity index (χ3v) is 6.29. The maximum absolute atomic E-state index is 12.5. The topological polar surface area (TPSA) is 66.5 Å². The van der Waals surface area contributed by atoms with Crippen LogP contribution in [0.25, 0.3) is 0 Å². The number of amides is 1. The zero-order valence-electron chi connectivity index (χ0n) is 14.5. The highest BCUT2D eigenvalue weighted by Gasteiger charge is 2.18. The molecule has 0 spiro atoms. The molecule has 0 fully saturated rings. The van der Waals surface area contributed by atoms with Crippen LogP contribution < -0.4 is 5.32 Å². The van der Waals surface area contributed by atoms with E-state index in [1.54, 1.807) is 12.1 Å². The number of nitrogens with zero attached hydrogens (tertiary/aromatic N) is 1. The van der Waals surface area contributed by atoms with Gasteiger partial charge in [0.15, 0.2) is 0 Å². The van der Waals surface area contributed by atoms with Gasteiger partial charge in [0, 0.05) is 25.3 Å². The SMILES string of the molecule is CN(C)S(=O)(=O)c1cccc(NC(=O)c2ccc3c(c2)CCCC3)c1. The number of carbonyl (C=O) groups excluding carboxylic acids is 1. The van der Waals surface area contributed by atoms with E-state index in [-0.39, 0.29) is 10.8 Å². The molecule has 0 heterocycles. The number of carbonyl (C=O) groups is 1. The second-order valence-electron chi connectivity index (χ2n) is 6.46. The van der Waals surface area contributed by atoms with Gasteiger partial charge in [0.2, 0.25) is 10.0 Å². The van der Waals surface area contributed by atoms with Crippen molar-refractivity contribution in [2.24, 2.45) is 0 Å². The van der Waals surface area contributed by atoms with E-state index in [1.165, 1.54) is 43.8 Å². The summed E-state index contributed by atoms with van der Waals surface area (Å²) in [6.07, 6.45) is 4.43. The van der Waals surface area contributed by atoms with Gasteiger partial charge in [-0.1, -0.05) is 12.1 Å². The molecule has 0 bridgehead atoms. The first kappa shape index (κ1) is 17.6. The smallest absolute Gasteiger partial charge is 0.255 e. The summed E-state index contributed by atoms with van der Waals surface area (Å²) in [5, 5.41) is 2.79. The van der Waals surface area contributed by atoms with E-state index in [2.05, 4.69) is 5.32 Å². The Balaban J connectivity index is 1.82. The third kappa shape index (κ3) is 3.75. The van der Waals surface area contributed by atoms with E-state index in [1.807, 2.05) is 18.2 Å². The molecule has 3 rings (SSSR count). The van der Waals surface area contributed by atoms with E-state index in [0.29, 0.717) is 11.3 Å². The fourth-order valence-corrected chi connectivity index (χ4v) is 3.97. The highest BCUT2D eigenvalue weighted by Crippen LogP contribution is 2.23. The van der Waals surface area contributed by atoms with E-state index >= 15 is 0 Å². The summed E-state index contributed by atoms with van der Waals surface area (Å²) in [5.74, 6) is -0.229. The molecule has 0 radical (unpaired) electrons. The summed E-state index contributed by atoms with van der Waals surface area (Å²) in [5.41, 5.74) is 3.62. The Kier molecular flexibility index (Phi) is 4.92. The number of nitrogens with one attached hydrogen (secondary N) is 1. The molecular formula is C19H22N2O3S. The van der Waals surface area contributed by atoms with Crippen LogP contribution in [0, 0.1) is 0 Å². The Morgan fingerprint density at radius 2 is 1.72 bits per heavy atom. The van der Waals surface area contributed by atoms with E-state index in [0.717, 1.165) is 23.6 Å². The molecule has 2 aromatic rings. The summed E-state index contributed by atoms with van der Waals surface area (Å²) in [7, 11) is -0.570. The van der Waals surface area contributed by atoms with Gasteiger partial charge in [0.05, 0.1) is 4.90 Å². The van der Waals surface area contributed by atoms with Crippen molar-refractivity contribution in [3.63, 3.8) is 0 Å². The minimum Gasteiger partial charge on any atom is -0.322 e. The van der Waals surface area contributed by atoms with Gasteiger partial charge in [-0.05, 0) is 67.1 Å². The van der Waals surface area contributed by atoms with Gasteiger partial charge in [0.1, 0.15) is 0 Å². The van der Waals surface area contributed by atoms with Gasteiger partial charge in [-0.2, -0.15) is 0 Å². The number of rotatable bonds is 4. The molecule has 1 aliphatic carbocycles. The Labute approximate surface area is 148 Å². The normalized spacial score (nSPS) is 14.2. The molecule has 25 heavy (non-hydrogen) atoms. The highest BCUT2D eigenvalue weighted by molar-refractivity contribution is 7.89. The van der Waals surface area contributed by atoms with Crippen molar-refractivity contribution in [1.82, 2.24) is 4.31 Å². The number of hydrogen-bond donors (Lipinski definition) is 1. The van der Waals surface area contributed by atoms with Crippen molar-refractivity contribution in [1.29, 1.82) is 0 Å². The number of aryl methyl sites for hydroxylation is 2. The van der Waals surface area contributed by atoms with Gasteiger partial charge in [-0.15, -0.1) is 0 Å². The minimum atomic E-state index is -3.53. The maximum atomic E-state index is 12.5. The Morgan fingerprint density at radius 3 is 2.44 bits per heavy atom. The zero-order valence-corrected chi connectivity index (χ0v) is 15.3. The average molecular weight is 358 g/mol. The predicted molar refractivity (Wildman–Crippen MR) is 98.4 cm³/mol. The van der Waals surface area contributed by atoms with Crippen LogP contribution in [0.3, 0.4) is 0 Å². The minimum absolute atomic E-state index is 0.153. The molecule has 132 valence electrons. The summed E-state index contributed by atoms with van der Waals surface area (Å²) >= 11 is 0. The molecule has 0 aliphatic heterocycles. The first-order valence-corrected chi connectivity index (χ1v) is 9.78. The lowest BCUT2D eigenvalue weighted by molar-refractivity contribution is 0.102. The molecule has 1 N–H and O–H groups in total. The molecule has 0 aromatic heterocycles. The maximum Gasteiger partial charge on any atom is 0.255 e. The van der Waals surface area contributed by atoms with Crippen molar-refractivity contribution < 1.29 is 13.2 Å². The van der Waals surface area contributed by atoms with Crippen molar-refractivity contribution in [3.05, 3.63) is 59.2 Å². The lowest BCUT2D eigenvalue weighted by Gasteiger charge is -2.16. The van der Waals surface area contributed by atoms with Crippen LogP contribution in [0.5, 0.6) is 0 Å². The summed E-state index contributed by atoms with van der Waals surface area (Å²) < 4.78 is 25.6. The first-order chi connectivity index (χ1) is 11.9. The molecule has 6 heteroatoms. The number of anilines is 1. The van der Waals surface area contributed by atoms with E-state index in [4.69, 9.17) is 0 Å². The number of benzene rings is 2. The Morgan fingerprint density at radius 1 is 1.00 bits per heavy atom. The second kappa shape index (κ2) is 6.98. The number of sulfonamides is 1. The quantitative estimate of drug-likeness (QED) is 0.913. The largest absolute Gasteiger partial charge is 0.322 e. The van der Waals surface area contributed by atoms with Gasteiger partial charge >= 0.3 is 0 Å². The molecule has 1 aliphatic rings. The fourth-order valence-electron chi connectivity index (χ4n) is 3.02. The molecule has 0 atom stereocenters. The fraction of sp³-hybridized carbons (Fsp3) is 0.316. The Hall–Kier alpha value is -2.18. The molecular weight excluding hydrogens is 336 g/mol.